The van der Waals surface area contributed by atoms with E-state index in [9.17, 15) is 9.90 Å². The molecule has 0 fully saturated rings. The number of hydrogen-bond donors (Lipinski definition) is 1. The number of para-hydroxylation sites is 1. The molecule has 1 heterocycles. The first-order valence-corrected chi connectivity index (χ1v) is 10.7. The third kappa shape index (κ3) is 6.12. The lowest BCUT2D eigenvalue weighted by Gasteiger charge is -2.18. The number of benzene rings is 2. The quantitative estimate of drug-likeness (QED) is 0.458. The first kappa shape index (κ1) is 23.4. The Morgan fingerprint density at radius 2 is 1.75 bits per heavy atom. The second-order valence-corrected chi connectivity index (χ2v) is 6.98. The van der Waals surface area contributed by atoms with Crippen LogP contribution in [0.5, 0.6) is 5.75 Å². The molecule has 168 valence electrons. The van der Waals surface area contributed by atoms with Crippen LogP contribution in [0.15, 0.2) is 60.8 Å². The van der Waals surface area contributed by atoms with Crippen molar-refractivity contribution in [3.63, 3.8) is 0 Å². The van der Waals surface area contributed by atoms with E-state index >= 15 is 0 Å². The Morgan fingerprint density at radius 1 is 1.00 bits per heavy atom. The van der Waals surface area contributed by atoms with Gasteiger partial charge in [0.25, 0.3) is 0 Å². The number of rotatable bonds is 11. The summed E-state index contributed by atoms with van der Waals surface area (Å²) < 4.78 is 16.8. The molecule has 0 radical (unpaired) electrons. The molecular formula is C25H28N2O5. The fourth-order valence-electron chi connectivity index (χ4n) is 3.29. The molecule has 0 amide bonds. The van der Waals surface area contributed by atoms with Crippen LogP contribution in [-0.4, -0.2) is 40.4 Å². The molecular weight excluding hydrogens is 408 g/mol. The Hall–Kier alpha value is -3.29. The highest BCUT2D eigenvalue weighted by Crippen LogP contribution is 2.23. The Bertz CT molecular complexity index is 1020. The van der Waals surface area contributed by atoms with Gasteiger partial charge in [-0.3, -0.25) is 0 Å². The second-order valence-electron chi connectivity index (χ2n) is 6.98. The van der Waals surface area contributed by atoms with Crippen molar-refractivity contribution in [1.82, 2.24) is 9.97 Å². The number of nitrogens with zero attached hydrogens (tertiary/aromatic N) is 2. The molecule has 3 aromatic rings. The normalized spacial score (nSPS) is 11.7. The summed E-state index contributed by atoms with van der Waals surface area (Å²) in [5, 5.41) is 9.59. The maximum absolute atomic E-state index is 12.2. The van der Waals surface area contributed by atoms with E-state index in [1.165, 1.54) is 0 Å². The monoisotopic (exact) mass is 436 g/mol. The molecule has 0 bridgehead atoms. The molecule has 7 heteroatoms. The van der Waals surface area contributed by atoms with Crippen molar-refractivity contribution < 1.29 is 24.1 Å². The summed E-state index contributed by atoms with van der Waals surface area (Å²) in [6.07, 6.45) is 1.33. The van der Waals surface area contributed by atoms with Gasteiger partial charge in [-0.05, 0) is 37.1 Å². The van der Waals surface area contributed by atoms with E-state index in [0.29, 0.717) is 36.9 Å². The molecule has 2 aromatic carbocycles. The van der Waals surface area contributed by atoms with Gasteiger partial charge in [-0.1, -0.05) is 42.5 Å². The number of aromatic nitrogens is 2. The highest BCUT2D eigenvalue weighted by atomic mass is 16.6. The summed E-state index contributed by atoms with van der Waals surface area (Å²) in [6, 6.07) is 16.8. The molecule has 1 atom stereocenters. The number of aliphatic hydroxyl groups is 1. The van der Waals surface area contributed by atoms with Crippen LogP contribution in [0, 0.1) is 0 Å². The molecule has 0 aliphatic heterocycles. The fraction of sp³-hybridized carbons (Fsp3) is 0.320. The molecule has 0 saturated heterocycles. The minimum absolute atomic E-state index is 0.0882. The van der Waals surface area contributed by atoms with Crippen LogP contribution >= 0.6 is 0 Å². The van der Waals surface area contributed by atoms with Crippen molar-refractivity contribution in [3.05, 3.63) is 77.6 Å². The van der Waals surface area contributed by atoms with Crippen molar-refractivity contribution in [1.29, 1.82) is 0 Å². The van der Waals surface area contributed by atoms with E-state index in [1.54, 1.807) is 19.2 Å². The van der Waals surface area contributed by atoms with Crippen molar-refractivity contribution in [2.75, 3.05) is 13.2 Å². The predicted octanol–water partition coefficient (Wildman–Crippen LogP) is 3.73. The molecule has 1 aromatic heterocycles. The summed E-state index contributed by atoms with van der Waals surface area (Å²) in [4.78, 5) is 21.2. The highest BCUT2D eigenvalue weighted by molar-refractivity contribution is 5.75. The molecule has 0 aliphatic rings. The minimum Gasteiger partial charge on any atom is -0.487 e. The van der Waals surface area contributed by atoms with Crippen molar-refractivity contribution in [2.24, 2.45) is 0 Å². The van der Waals surface area contributed by atoms with Gasteiger partial charge in [-0.2, -0.15) is 0 Å². The zero-order valence-corrected chi connectivity index (χ0v) is 18.4. The van der Waals surface area contributed by atoms with Crippen LogP contribution < -0.4 is 4.74 Å². The number of ether oxygens (including phenoxy) is 3. The third-order valence-electron chi connectivity index (χ3n) is 4.81. The van der Waals surface area contributed by atoms with Gasteiger partial charge in [-0.25, -0.2) is 14.8 Å². The summed E-state index contributed by atoms with van der Waals surface area (Å²) in [5.41, 5.74) is 3.09. The summed E-state index contributed by atoms with van der Waals surface area (Å²) in [5.74, 6) is 0.798. The lowest BCUT2D eigenvalue weighted by Crippen LogP contribution is -2.29. The Labute approximate surface area is 188 Å². The Morgan fingerprint density at radius 3 is 2.50 bits per heavy atom. The standard InChI is InChI=1S/C25H28N2O5/c1-3-30-23(25(29)31-4-2)15-18-9-6-8-12-22(18)32-17-20-13-14-26-24(27-20)21-11-7-5-10-19(21)16-28/h5-14,23,28H,3-4,15-17H2,1-2H3. The largest absolute Gasteiger partial charge is 0.487 e. The average molecular weight is 437 g/mol. The molecule has 32 heavy (non-hydrogen) atoms. The van der Waals surface area contributed by atoms with Crippen LogP contribution in [0.25, 0.3) is 11.4 Å². The van der Waals surface area contributed by atoms with E-state index in [1.807, 2.05) is 55.5 Å². The lowest BCUT2D eigenvalue weighted by atomic mass is 10.1. The Balaban J connectivity index is 1.75. The molecule has 3 rings (SSSR count). The highest BCUT2D eigenvalue weighted by Gasteiger charge is 2.22. The van der Waals surface area contributed by atoms with E-state index in [2.05, 4.69) is 9.97 Å². The number of esters is 1. The molecule has 7 nitrogen and oxygen atoms in total. The number of carbonyl (C=O) groups is 1. The average Bonchev–Trinajstić information content (AvgIpc) is 2.83. The van der Waals surface area contributed by atoms with Gasteiger partial charge in [0.15, 0.2) is 11.9 Å². The van der Waals surface area contributed by atoms with Crippen LogP contribution in [0.1, 0.15) is 30.7 Å². The van der Waals surface area contributed by atoms with Gasteiger partial charge in [0.1, 0.15) is 12.4 Å². The topological polar surface area (TPSA) is 90.8 Å². The van der Waals surface area contributed by atoms with Crippen LogP contribution in [0.4, 0.5) is 0 Å². The first-order valence-electron chi connectivity index (χ1n) is 10.7. The fourth-order valence-corrected chi connectivity index (χ4v) is 3.29. The number of hydrogen-bond acceptors (Lipinski definition) is 7. The summed E-state index contributed by atoms with van der Waals surface area (Å²) in [6.45, 7) is 4.46. The molecule has 0 saturated carbocycles. The Kier molecular flexibility index (Phi) is 8.71. The molecule has 1 unspecified atom stereocenters. The SMILES string of the molecule is CCOC(=O)C(Cc1ccccc1OCc1ccnc(-c2ccccc2CO)n1)OCC. The van der Waals surface area contributed by atoms with Gasteiger partial charge in [0, 0.05) is 24.8 Å². The van der Waals surface area contributed by atoms with E-state index in [4.69, 9.17) is 14.2 Å². The molecule has 1 N–H and O–H groups in total. The zero-order chi connectivity index (χ0) is 22.8. The van der Waals surface area contributed by atoms with Crippen LogP contribution in [-0.2, 0) is 33.9 Å². The third-order valence-corrected chi connectivity index (χ3v) is 4.81. The van der Waals surface area contributed by atoms with E-state index < -0.39 is 6.10 Å². The summed E-state index contributed by atoms with van der Waals surface area (Å²) in [7, 11) is 0. The van der Waals surface area contributed by atoms with Gasteiger partial charge < -0.3 is 19.3 Å². The van der Waals surface area contributed by atoms with Crippen molar-refractivity contribution in [2.45, 2.75) is 39.6 Å². The van der Waals surface area contributed by atoms with Crippen LogP contribution in [0.3, 0.4) is 0 Å². The van der Waals surface area contributed by atoms with Crippen molar-refractivity contribution in [3.8, 4) is 17.1 Å². The van der Waals surface area contributed by atoms with Crippen LogP contribution in [0.2, 0.25) is 0 Å². The van der Waals surface area contributed by atoms with E-state index in [0.717, 1.165) is 16.7 Å². The van der Waals surface area contributed by atoms with E-state index in [-0.39, 0.29) is 19.2 Å². The second kappa shape index (κ2) is 11.9. The predicted molar refractivity (Wildman–Crippen MR) is 120 cm³/mol. The van der Waals surface area contributed by atoms with Crippen molar-refractivity contribution >= 4 is 5.97 Å². The number of aliphatic hydroxyl groups excluding tert-OH is 1. The molecule has 0 spiro atoms. The maximum atomic E-state index is 12.2. The lowest BCUT2D eigenvalue weighted by molar-refractivity contribution is -0.156. The van der Waals surface area contributed by atoms with Gasteiger partial charge in [0.2, 0.25) is 0 Å². The smallest absolute Gasteiger partial charge is 0.335 e. The first-order chi connectivity index (χ1) is 15.7. The summed E-state index contributed by atoms with van der Waals surface area (Å²) >= 11 is 0. The zero-order valence-electron chi connectivity index (χ0n) is 18.4. The van der Waals surface area contributed by atoms with Gasteiger partial charge >= 0.3 is 5.97 Å². The van der Waals surface area contributed by atoms with Gasteiger partial charge in [-0.15, -0.1) is 0 Å². The molecule has 0 aliphatic carbocycles. The maximum Gasteiger partial charge on any atom is 0.335 e. The minimum atomic E-state index is -0.690. The number of carbonyl (C=O) groups excluding carboxylic acids is 1. The van der Waals surface area contributed by atoms with Gasteiger partial charge in [0.05, 0.1) is 18.9 Å².